The van der Waals surface area contributed by atoms with Crippen molar-refractivity contribution < 1.29 is 14.3 Å². The number of rotatable bonds is 5. The van der Waals surface area contributed by atoms with Gasteiger partial charge in [-0.05, 0) is 37.7 Å². The third kappa shape index (κ3) is 3.44. The van der Waals surface area contributed by atoms with Crippen LogP contribution in [0.2, 0.25) is 0 Å². The summed E-state index contributed by atoms with van der Waals surface area (Å²) in [5, 5.41) is 3.92. The maximum Gasteiger partial charge on any atom is 0.267 e. The molecule has 0 N–H and O–H groups in total. The predicted octanol–water partition coefficient (Wildman–Crippen LogP) is 1.34. The van der Waals surface area contributed by atoms with E-state index >= 15 is 0 Å². The van der Waals surface area contributed by atoms with E-state index in [2.05, 4.69) is 9.59 Å². The van der Waals surface area contributed by atoms with Gasteiger partial charge in [-0.1, -0.05) is 4.49 Å². The Kier molecular flexibility index (Phi) is 5.15. The third-order valence-electron chi connectivity index (χ3n) is 5.14. The first-order valence-corrected chi connectivity index (χ1v) is 9.17. The van der Waals surface area contributed by atoms with E-state index in [1.807, 2.05) is 16.7 Å². The maximum atomic E-state index is 12.6. The molecule has 0 bridgehead atoms. The fourth-order valence-electron chi connectivity index (χ4n) is 3.68. The quantitative estimate of drug-likeness (QED) is 0.748. The SMILES string of the molecule is COCCCN1CC2(CCN(C(=O)c3snnc3C)CC2)CC1=O. The topological polar surface area (TPSA) is 75.6 Å². The second-order valence-electron chi connectivity index (χ2n) is 6.82. The first kappa shape index (κ1) is 17.3. The minimum absolute atomic E-state index is 0.0265. The van der Waals surface area contributed by atoms with Crippen LogP contribution in [0.4, 0.5) is 0 Å². The smallest absolute Gasteiger partial charge is 0.267 e. The second-order valence-corrected chi connectivity index (χ2v) is 7.57. The van der Waals surface area contributed by atoms with Gasteiger partial charge >= 0.3 is 0 Å². The van der Waals surface area contributed by atoms with Crippen molar-refractivity contribution in [1.29, 1.82) is 0 Å². The molecule has 3 heterocycles. The van der Waals surface area contributed by atoms with Crippen molar-refractivity contribution in [2.45, 2.75) is 32.6 Å². The number of piperidine rings is 1. The summed E-state index contributed by atoms with van der Waals surface area (Å²) in [6, 6.07) is 0. The molecular weight excluding hydrogens is 328 g/mol. The highest BCUT2D eigenvalue weighted by Gasteiger charge is 2.45. The van der Waals surface area contributed by atoms with Crippen LogP contribution in [0.3, 0.4) is 0 Å². The summed E-state index contributed by atoms with van der Waals surface area (Å²) in [5.74, 6) is 0.270. The minimum atomic E-state index is 0.0265. The van der Waals surface area contributed by atoms with E-state index in [9.17, 15) is 9.59 Å². The summed E-state index contributed by atoms with van der Waals surface area (Å²) in [7, 11) is 1.68. The predicted molar refractivity (Wildman–Crippen MR) is 89.9 cm³/mol. The molecule has 7 nitrogen and oxygen atoms in total. The monoisotopic (exact) mass is 352 g/mol. The van der Waals surface area contributed by atoms with Crippen molar-refractivity contribution in [3.05, 3.63) is 10.6 Å². The molecule has 0 aromatic carbocycles. The lowest BCUT2D eigenvalue weighted by atomic mass is 9.77. The molecule has 0 radical (unpaired) electrons. The number of methoxy groups -OCH3 is 1. The zero-order chi connectivity index (χ0) is 17.2. The fraction of sp³-hybridized carbons (Fsp3) is 0.750. The van der Waals surface area contributed by atoms with Crippen LogP contribution in [0.25, 0.3) is 0 Å². The lowest BCUT2D eigenvalue weighted by molar-refractivity contribution is -0.128. The van der Waals surface area contributed by atoms with Gasteiger partial charge < -0.3 is 14.5 Å². The van der Waals surface area contributed by atoms with Crippen molar-refractivity contribution in [2.24, 2.45) is 5.41 Å². The number of likely N-dealkylation sites (tertiary alicyclic amines) is 2. The number of hydrogen-bond acceptors (Lipinski definition) is 6. The van der Waals surface area contributed by atoms with E-state index in [4.69, 9.17) is 4.74 Å². The lowest BCUT2D eigenvalue weighted by Gasteiger charge is -2.38. The van der Waals surface area contributed by atoms with Crippen LogP contribution < -0.4 is 0 Å². The van der Waals surface area contributed by atoms with Crippen molar-refractivity contribution in [3.8, 4) is 0 Å². The van der Waals surface area contributed by atoms with Crippen LogP contribution >= 0.6 is 11.5 Å². The molecule has 8 heteroatoms. The average molecular weight is 352 g/mol. The van der Waals surface area contributed by atoms with Gasteiger partial charge in [0.15, 0.2) is 0 Å². The highest BCUT2D eigenvalue weighted by molar-refractivity contribution is 7.07. The molecule has 1 spiro atoms. The Balaban J connectivity index is 1.56. The van der Waals surface area contributed by atoms with Gasteiger partial charge in [0.2, 0.25) is 5.91 Å². The molecule has 1 aromatic rings. The summed E-state index contributed by atoms with van der Waals surface area (Å²) in [5.41, 5.74) is 0.743. The van der Waals surface area contributed by atoms with Crippen LogP contribution in [0.1, 0.15) is 41.0 Å². The Morgan fingerprint density at radius 3 is 2.75 bits per heavy atom. The van der Waals surface area contributed by atoms with Gasteiger partial charge in [0.05, 0.1) is 5.69 Å². The van der Waals surface area contributed by atoms with E-state index < -0.39 is 0 Å². The van der Waals surface area contributed by atoms with Crippen LogP contribution in [0.15, 0.2) is 0 Å². The molecule has 0 saturated carbocycles. The highest BCUT2D eigenvalue weighted by Crippen LogP contribution is 2.41. The minimum Gasteiger partial charge on any atom is -0.385 e. The van der Waals surface area contributed by atoms with Gasteiger partial charge in [-0.2, -0.15) is 0 Å². The van der Waals surface area contributed by atoms with Gasteiger partial charge in [-0.3, -0.25) is 9.59 Å². The van der Waals surface area contributed by atoms with Gasteiger partial charge in [0.25, 0.3) is 5.91 Å². The van der Waals surface area contributed by atoms with Crippen LogP contribution in [-0.2, 0) is 9.53 Å². The summed E-state index contributed by atoms with van der Waals surface area (Å²) in [6.07, 6.45) is 3.26. The van der Waals surface area contributed by atoms with Crippen molar-refractivity contribution in [2.75, 3.05) is 39.9 Å². The summed E-state index contributed by atoms with van der Waals surface area (Å²) >= 11 is 1.16. The molecule has 2 saturated heterocycles. The van der Waals surface area contributed by atoms with E-state index in [0.717, 1.165) is 43.9 Å². The molecule has 132 valence electrons. The number of carbonyl (C=O) groups excluding carboxylic acids is 2. The molecule has 24 heavy (non-hydrogen) atoms. The van der Waals surface area contributed by atoms with E-state index in [-0.39, 0.29) is 17.2 Å². The number of nitrogens with zero attached hydrogens (tertiary/aromatic N) is 4. The van der Waals surface area contributed by atoms with Gasteiger partial charge in [-0.15, -0.1) is 5.10 Å². The maximum absolute atomic E-state index is 12.6. The Hall–Kier alpha value is -1.54. The third-order valence-corrected chi connectivity index (χ3v) is 5.95. The number of aromatic nitrogens is 2. The first-order valence-electron chi connectivity index (χ1n) is 8.40. The summed E-state index contributed by atoms with van der Waals surface area (Å²) < 4.78 is 8.91. The molecule has 2 aliphatic rings. The largest absolute Gasteiger partial charge is 0.385 e. The van der Waals surface area contributed by atoms with E-state index in [0.29, 0.717) is 36.7 Å². The van der Waals surface area contributed by atoms with Crippen LogP contribution in [0.5, 0.6) is 0 Å². The molecule has 2 aliphatic heterocycles. The number of ether oxygens (including phenoxy) is 1. The number of amides is 2. The molecule has 2 amide bonds. The van der Waals surface area contributed by atoms with Gasteiger partial charge in [-0.25, -0.2) is 0 Å². The van der Waals surface area contributed by atoms with Crippen LogP contribution in [0, 0.1) is 12.3 Å². The highest BCUT2D eigenvalue weighted by atomic mass is 32.1. The summed E-state index contributed by atoms with van der Waals surface area (Å²) in [6.45, 7) is 5.49. The molecule has 2 fully saturated rings. The number of hydrogen-bond donors (Lipinski definition) is 0. The number of aryl methyl sites for hydroxylation is 1. The van der Waals surface area contributed by atoms with Gasteiger partial charge in [0.1, 0.15) is 4.88 Å². The normalized spacial score (nSPS) is 20.2. The van der Waals surface area contributed by atoms with Crippen molar-refractivity contribution >= 4 is 23.3 Å². The van der Waals surface area contributed by atoms with E-state index in [1.165, 1.54) is 0 Å². The molecule has 3 rings (SSSR count). The lowest BCUT2D eigenvalue weighted by Crippen LogP contribution is -2.44. The Labute approximate surface area is 146 Å². The van der Waals surface area contributed by atoms with Crippen molar-refractivity contribution in [3.63, 3.8) is 0 Å². The Morgan fingerprint density at radius 1 is 1.38 bits per heavy atom. The zero-order valence-electron chi connectivity index (χ0n) is 14.3. The zero-order valence-corrected chi connectivity index (χ0v) is 15.1. The first-order chi connectivity index (χ1) is 11.5. The molecule has 0 aliphatic carbocycles. The molecule has 0 atom stereocenters. The van der Waals surface area contributed by atoms with Gasteiger partial charge in [0, 0.05) is 51.7 Å². The fourth-order valence-corrected chi connectivity index (χ4v) is 4.30. The molecular formula is C16H24N4O3S. The standard InChI is InChI=1S/C16H24N4O3S/c1-12-14(24-18-17-12)15(22)19-7-4-16(5-8-19)10-13(21)20(11-16)6-3-9-23-2/h3-11H2,1-2H3. The van der Waals surface area contributed by atoms with Crippen molar-refractivity contribution in [1.82, 2.24) is 19.4 Å². The average Bonchev–Trinajstić information content (AvgIpc) is 3.12. The summed E-state index contributed by atoms with van der Waals surface area (Å²) in [4.78, 5) is 29.3. The molecule has 0 unspecified atom stereocenters. The molecule has 1 aromatic heterocycles. The number of carbonyl (C=O) groups is 2. The second kappa shape index (κ2) is 7.14. The Morgan fingerprint density at radius 2 is 2.12 bits per heavy atom. The van der Waals surface area contributed by atoms with Crippen LogP contribution in [-0.4, -0.2) is 71.1 Å². The Bertz CT molecular complexity index is 610. The van der Waals surface area contributed by atoms with E-state index in [1.54, 1.807) is 7.11 Å².